The second-order valence-electron chi connectivity index (χ2n) is 9.54. The molecule has 1 fully saturated rings. The highest BCUT2D eigenvalue weighted by Gasteiger charge is 2.16. The lowest BCUT2D eigenvalue weighted by Gasteiger charge is -2.34. The molecular weight excluding hydrogens is 464 g/mol. The zero-order valence-electron chi connectivity index (χ0n) is 21.5. The number of aromatic amines is 1. The van der Waals surface area contributed by atoms with Crippen molar-refractivity contribution in [2.75, 3.05) is 58.3 Å². The number of aromatic nitrogens is 3. The molecule has 8 heteroatoms. The number of nitrogens with zero attached hydrogens (tertiary/aromatic N) is 4. The summed E-state index contributed by atoms with van der Waals surface area (Å²) < 4.78 is 5.20. The number of hydrogen-bond donors (Lipinski definition) is 2. The van der Waals surface area contributed by atoms with Crippen LogP contribution in [0.1, 0.15) is 11.3 Å². The fourth-order valence-corrected chi connectivity index (χ4v) is 4.76. The summed E-state index contributed by atoms with van der Waals surface area (Å²) in [6, 6.07) is 18.1. The molecule has 8 nitrogen and oxygen atoms in total. The van der Waals surface area contributed by atoms with Crippen LogP contribution in [-0.4, -0.2) is 77.7 Å². The number of rotatable bonds is 9. The highest BCUT2D eigenvalue weighted by Crippen LogP contribution is 2.27. The number of aryl methyl sites for hydroxylation is 1. The minimum Gasteiger partial charge on any atom is -0.383 e. The summed E-state index contributed by atoms with van der Waals surface area (Å²) in [5, 5.41) is 4.73. The van der Waals surface area contributed by atoms with Crippen LogP contribution >= 0.6 is 0 Å². The van der Waals surface area contributed by atoms with E-state index in [9.17, 15) is 4.79 Å². The molecule has 3 aromatic heterocycles. The van der Waals surface area contributed by atoms with Crippen LogP contribution in [0.2, 0.25) is 0 Å². The number of anilines is 2. The Bertz CT molecular complexity index is 1390. The van der Waals surface area contributed by atoms with Gasteiger partial charge < -0.3 is 19.9 Å². The van der Waals surface area contributed by atoms with E-state index in [1.54, 1.807) is 13.3 Å². The van der Waals surface area contributed by atoms with E-state index in [1.165, 1.54) is 5.56 Å². The molecule has 5 rings (SSSR count). The number of fused-ring (bicyclic) bond motifs is 1. The Hall–Kier alpha value is -3.59. The summed E-state index contributed by atoms with van der Waals surface area (Å²) in [4.78, 5) is 29.9. The molecule has 0 atom stereocenters. The fourth-order valence-electron chi connectivity index (χ4n) is 4.76. The topological polar surface area (TPSA) is 86.4 Å². The van der Waals surface area contributed by atoms with Gasteiger partial charge in [-0.2, -0.15) is 0 Å². The number of hydrogen-bond acceptors (Lipinski definition) is 7. The zero-order valence-corrected chi connectivity index (χ0v) is 21.5. The summed E-state index contributed by atoms with van der Waals surface area (Å²) in [7, 11) is 1.76. The smallest absolute Gasteiger partial charge is 0.259 e. The second-order valence-corrected chi connectivity index (χ2v) is 9.54. The van der Waals surface area contributed by atoms with Crippen LogP contribution in [0.5, 0.6) is 0 Å². The van der Waals surface area contributed by atoms with E-state index in [4.69, 9.17) is 9.72 Å². The first-order chi connectivity index (χ1) is 18.1. The van der Waals surface area contributed by atoms with Crippen molar-refractivity contribution in [3.8, 4) is 11.4 Å². The van der Waals surface area contributed by atoms with Gasteiger partial charge in [0.05, 0.1) is 23.4 Å². The van der Waals surface area contributed by atoms with Gasteiger partial charge in [0.1, 0.15) is 5.82 Å². The van der Waals surface area contributed by atoms with Gasteiger partial charge in [0.2, 0.25) is 0 Å². The third-order valence-corrected chi connectivity index (χ3v) is 6.92. The standard InChI is InChI=1S/C29H34N6O2/c1-21-4-3-5-25(31-21)26-20-23-10-12-30-29(36)27(23)28(33-26)32-24-8-6-22(7-9-24)11-13-34-14-16-35(17-15-34)18-19-37-2/h3-10,12,20H,11,13-19H2,1-2H3,(H,30,36)(H,32,33). The summed E-state index contributed by atoms with van der Waals surface area (Å²) >= 11 is 0. The number of ether oxygens (including phenoxy) is 1. The average molecular weight is 499 g/mol. The minimum absolute atomic E-state index is 0.171. The van der Waals surface area contributed by atoms with Crippen molar-refractivity contribution in [3.63, 3.8) is 0 Å². The van der Waals surface area contributed by atoms with Crippen molar-refractivity contribution in [2.24, 2.45) is 0 Å². The minimum atomic E-state index is -0.171. The maximum atomic E-state index is 12.7. The van der Waals surface area contributed by atoms with Crippen LogP contribution in [-0.2, 0) is 11.2 Å². The summed E-state index contributed by atoms with van der Waals surface area (Å²) in [6.45, 7) is 9.22. The first kappa shape index (κ1) is 25.1. The Morgan fingerprint density at radius 1 is 0.946 bits per heavy atom. The van der Waals surface area contributed by atoms with E-state index in [0.717, 1.165) is 80.5 Å². The molecule has 0 amide bonds. The molecule has 0 radical (unpaired) electrons. The Kier molecular flexibility index (Phi) is 7.89. The quantitative estimate of drug-likeness (QED) is 0.363. The molecule has 192 valence electrons. The molecule has 1 aliphatic heterocycles. The Morgan fingerprint density at radius 3 is 2.43 bits per heavy atom. The third kappa shape index (κ3) is 6.22. The normalized spacial score (nSPS) is 14.8. The second kappa shape index (κ2) is 11.6. The van der Waals surface area contributed by atoms with Gasteiger partial charge in [0.25, 0.3) is 5.56 Å². The largest absolute Gasteiger partial charge is 0.383 e. The van der Waals surface area contributed by atoms with Gasteiger partial charge in [-0.1, -0.05) is 18.2 Å². The van der Waals surface area contributed by atoms with Crippen LogP contribution in [0, 0.1) is 6.92 Å². The third-order valence-electron chi connectivity index (χ3n) is 6.92. The van der Waals surface area contributed by atoms with Gasteiger partial charge in [-0.05, 0) is 60.7 Å². The first-order valence-corrected chi connectivity index (χ1v) is 12.8. The van der Waals surface area contributed by atoms with E-state index in [-0.39, 0.29) is 5.56 Å². The lowest BCUT2D eigenvalue weighted by molar-refractivity contribution is 0.0976. The summed E-state index contributed by atoms with van der Waals surface area (Å²) in [5.74, 6) is 0.525. The number of methoxy groups -OCH3 is 1. The van der Waals surface area contributed by atoms with E-state index >= 15 is 0 Å². The lowest BCUT2D eigenvalue weighted by Crippen LogP contribution is -2.47. The van der Waals surface area contributed by atoms with Gasteiger partial charge in [-0.15, -0.1) is 0 Å². The summed E-state index contributed by atoms with van der Waals surface area (Å²) in [6.07, 6.45) is 2.67. The molecule has 2 N–H and O–H groups in total. The van der Waals surface area contributed by atoms with Crippen LogP contribution in [0.4, 0.5) is 11.5 Å². The first-order valence-electron chi connectivity index (χ1n) is 12.8. The number of H-pyrrole nitrogens is 1. The molecule has 0 bridgehead atoms. The maximum Gasteiger partial charge on any atom is 0.259 e. The average Bonchev–Trinajstić information content (AvgIpc) is 2.92. The van der Waals surface area contributed by atoms with Crippen molar-refractivity contribution in [1.82, 2.24) is 24.8 Å². The number of pyridine rings is 3. The van der Waals surface area contributed by atoms with Crippen molar-refractivity contribution in [2.45, 2.75) is 13.3 Å². The van der Waals surface area contributed by atoms with Crippen molar-refractivity contribution in [3.05, 3.63) is 82.4 Å². The van der Waals surface area contributed by atoms with E-state index < -0.39 is 0 Å². The summed E-state index contributed by atoms with van der Waals surface area (Å²) in [5.41, 5.74) is 4.43. The van der Waals surface area contributed by atoms with Gasteiger partial charge in [0.15, 0.2) is 0 Å². The van der Waals surface area contributed by atoms with Crippen LogP contribution in [0.25, 0.3) is 22.2 Å². The predicted molar refractivity (Wildman–Crippen MR) is 149 cm³/mol. The van der Waals surface area contributed by atoms with Crippen molar-refractivity contribution >= 4 is 22.3 Å². The predicted octanol–water partition coefficient (Wildman–Crippen LogP) is 3.84. The zero-order chi connectivity index (χ0) is 25.6. The van der Waals surface area contributed by atoms with E-state index in [0.29, 0.717) is 11.2 Å². The highest BCUT2D eigenvalue weighted by molar-refractivity contribution is 5.94. The molecule has 1 aliphatic rings. The van der Waals surface area contributed by atoms with E-state index in [2.05, 4.69) is 49.4 Å². The Balaban J connectivity index is 1.28. The van der Waals surface area contributed by atoms with Crippen molar-refractivity contribution < 1.29 is 4.74 Å². The van der Waals surface area contributed by atoms with Crippen LogP contribution < -0.4 is 10.9 Å². The Morgan fingerprint density at radius 2 is 1.70 bits per heavy atom. The molecule has 1 aromatic carbocycles. The molecule has 1 saturated heterocycles. The molecule has 0 spiro atoms. The molecule has 37 heavy (non-hydrogen) atoms. The Labute approximate surface area is 217 Å². The lowest BCUT2D eigenvalue weighted by atomic mass is 10.1. The van der Waals surface area contributed by atoms with Crippen LogP contribution in [0.15, 0.2) is 65.6 Å². The number of nitrogens with one attached hydrogen (secondary N) is 2. The highest BCUT2D eigenvalue weighted by atomic mass is 16.5. The van der Waals surface area contributed by atoms with Crippen LogP contribution in [0.3, 0.4) is 0 Å². The number of benzene rings is 1. The van der Waals surface area contributed by atoms with Gasteiger partial charge in [-0.25, -0.2) is 4.98 Å². The van der Waals surface area contributed by atoms with E-state index in [1.807, 2.05) is 37.3 Å². The molecule has 0 unspecified atom stereocenters. The molecule has 4 aromatic rings. The maximum absolute atomic E-state index is 12.7. The molecule has 0 aliphatic carbocycles. The number of piperazine rings is 1. The molecule has 4 heterocycles. The SMILES string of the molecule is COCCN1CCN(CCc2ccc(Nc3nc(-c4cccc(C)n4)cc4cc[nH]c(=O)c34)cc2)CC1. The molecule has 0 saturated carbocycles. The van der Waals surface area contributed by atoms with Gasteiger partial charge in [-0.3, -0.25) is 14.7 Å². The van der Waals surface area contributed by atoms with Gasteiger partial charge in [0, 0.05) is 64.0 Å². The van der Waals surface area contributed by atoms with Gasteiger partial charge >= 0.3 is 0 Å². The monoisotopic (exact) mass is 498 g/mol. The fraction of sp³-hybridized carbons (Fsp3) is 0.345. The molecular formula is C29H34N6O2. The van der Waals surface area contributed by atoms with Crippen molar-refractivity contribution in [1.29, 1.82) is 0 Å².